The van der Waals surface area contributed by atoms with E-state index in [0.717, 1.165) is 12.8 Å². The molecule has 0 aromatic heterocycles. The Morgan fingerprint density at radius 3 is 2.62 bits per heavy atom. The van der Waals surface area contributed by atoms with Crippen molar-refractivity contribution in [1.29, 1.82) is 0 Å². The van der Waals surface area contributed by atoms with Gasteiger partial charge in [0.25, 0.3) is 0 Å². The maximum Gasteiger partial charge on any atom is 0.320 e. The number of hydrogen-bond acceptors (Lipinski definition) is 3. The molecule has 0 aromatic rings. The van der Waals surface area contributed by atoms with Gasteiger partial charge in [0, 0.05) is 0 Å². The molecule has 0 aliphatic heterocycles. The van der Waals surface area contributed by atoms with Gasteiger partial charge in [-0.1, -0.05) is 6.08 Å². The second kappa shape index (κ2) is 6.62. The Balaban J connectivity index is 4.05. The van der Waals surface area contributed by atoms with Crippen LogP contribution in [0.4, 0.5) is 0 Å². The maximum absolute atomic E-state index is 10.6. The van der Waals surface area contributed by atoms with Crippen molar-refractivity contribution in [1.82, 2.24) is 0 Å². The number of aliphatic carboxylic acids is 1. The zero-order valence-electron chi connectivity index (χ0n) is 7.78. The highest BCUT2D eigenvalue weighted by molar-refractivity contribution is 5.73. The molecule has 0 aliphatic rings. The summed E-state index contributed by atoms with van der Waals surface area (Å²) in [6.07, 6.45) is 3.88. The second-order valence-corrected chi connectivity index (χ2v) is 3.08. The van der Waals surface area contributed by atoms with Gasteiger partial charge < -0.3 is 16.6 Å². The molecule has 76 valence electrons. The van der Waals surface area contributed by atoms with Crippen molar-refractivity contribution in [2.75, 3.05) is 6.54 Å². The number of carbonyl (C=O) groups is 1. The van der Waals surface area contributed by atoms with Crippen LogP contribution in [0.3, 0.4) is 0 Å². The first-order chi connectivity index (χ1) is 6.13. The second-order valence-electron chi connectivity index (χ2n) is 3.08. The molecule has 4 nitrogen and oxygen atoms in total. The highest BCUT2D eigenvalue weighted by Gasteiger charge is 2.22. The van der Waals surface area contributed by atoms with Gasteiger partial charge in [-0.25, -0.2) is 0 Å². The number of allylic oxidation sites excluding steroid dienone is 1. The summed E-state index contributed by atoms with van der Waals surface area (Å²) in [5.41, 5.74) is 10.8. The minimum Gasteiger partial charge on any atom is -0.480 e. The minimum absolute atomic E-state index is 0.0430. The normalized spacial score (nSPS) is 14.9. The standard InChI is InChI=1S/C9H18N2O2/c1-2-4-7(5-3-6-10)8(11)9(12)13/h2,7-8H,1,3-6,10-11H2,(H,12,13). The summed E-state index contributed by atoms with van der Waals surface area (Å²) in [7, 11) is 0. The largest absolute Gasteiger partial charge is 0.480 e. The summed E-state index contributed by atoms with van der Waals surface area (Å²) in [5, 5.41) is 8.69. The Labute approximate surface area is 78.6 Å². The molecule has 0 amide bonds. The van der Waals surface area contributed by atoms with E-state index in [0.29, 0.717) is 13.0 Å². The van der Waals surface area contributed by atoms with Gasteiger partial charge in [-0.2, -0.15) is 0 Å². The molecule has 4 heteroatoms. The molecule has 0 saturated carbocycles. The molecule has 0 aliphatic carbocycles. The molecule has 5 N–H and O–H groups in total. The lowest BCUT2D eigenvalue weighted by Crippen LogP contribution is -2.38. The fourth-order valence-electron chi connectivity index (χ4n) is 1.24. The van der Waals surface area contributed by atoms with Crippen LogP contribution < -0.4 is 11.5 Å². The smallest absolute Gasteiger partial charge is 0.320 e. The lowest BCUT2D eigenvalue weighted by molar-refractivity contribution is -0.139. The van der Waals surface area contributed by atoms with E-state index < -0.39 is 12.0 Å². The van der Waals surface area contributed by atoms with Gasteiger partial charge in [0.1, 0.15) is 6.04 Å². The summed E-state index contributed by atoms with van der Waals surface area (Å²) in [6.45, 7) is 4.14. The molecular weight excluding hydrogens is 168 g/mol. The summed E-state index contributed by atoms with van der Waals surface area (Å²) in [5.74, 6) is -0.998. The van der Waals surface area contributed by atoms with E-state index in [9.17, 15) is 4.79 Å². The van der Waals surface area contributed by atoms with Gasteiger partial charge >= 0.3 is 5.97 Å². The van der Waals surface area contributed by atoms with E-state index in [1.807, 2.05) is 0 Å². The molecule has 2 unspecified atom stereocenters. The lowest BCUT2D eigenvalue weighted by Gasteiger charge is -2.18. The van der Waals surface area contributed by atoms with Crippen LogP contribution >= 0.6 is 0 Å². The van der Waals surface area contributed by atoms with E-state index in [-0.39, 0.29) is 5.92 Å². The van der Waals surface area contributed by atoms with Gasteiger partial charge in [0.2, 0.25) is 0 Å². The Morgan fingerprint density at radius 2 is 2.23 bits per heavy atom. The van der Waals surface area contributed by atoms with Gasteiger partial charge in [0.15, 0.2) is 0 Å². The maximum atomic E-state index is 10.6. The van der Waals surface area contributed by atoms with Crippen molar-refractivity contribution >= 4 is 5.97 Å². The number of nitrogens with two attached hydrogens (primary N) is 2. The third-order valence-corrected chi connectivity index (χ3v) is 2.04. The monoisotopic (exact) mass is 186 g/mol. The third-order valence-electron chi connectivity index (χ3n) is 2.04. The predicted molar refractivity (Wildman–Crippen MR) is 52.2 cm³/mol. The highest BCUT2D eigenvalue weighted by Crippen LogP contribution is 2.14. The first kappa shape index (κ1) is 12.1. The minimum atomic E-state index is -0.955. The van der Waals surface area contributed by atoms with Crippen LogP contribution in [0.25, 0.3) is 0 Å². The lowest BCUT2D eigenvalue weighted by atomic mass is 9.92. The number of carboxylic acids is 1. The molecule has 0 radical (unpaired) electrons. The van der Waals surface area contributed by atoms with Gasteiger partial charge in [-0.05, 0) is 31.7 Å². The zero-order valence-corrected chi connectivity index (χ0v) is 7.78. The quantitative estimate of drug-likeness (QED) is 0.500. The van der Waals surface area contributed by atoms with Crippen LogP contribution in [0.5, 0.6) is 0 Å². The third kappa shape index (κ3) is 4.65. The molecule has 0 fully saturated rings. The highest BCUT2D eigenvalue weighted by atomic mass is 16.4. The molecule has 0 saturated heterocycles. The molecule has 0 heterocycles. The molecule has 2 atom stereocenters. The van der Waals surface area contributed by atoms with E-state index in [1.54, 1.807) is 6.08 Å². The van der Waals surface area contributed by atoms with E-state index in [4.69, 9.17) is 16.6 Å². The van der Waals surface area contributed by atoms with Gasteiger partial charge in [0.05, 0.1) is 0 Å². The van der Waals surface area contributed by atoms with Crippen LogP contribution in [-0.2, 0) is 4.79 Å². The molecule has 0 spiro atoms. The molecule has 0 aromatic carbocycles. The van der Waals surface area contributed by atoms with Crippen molar-refractivity contribution in [3.63, 3.8) is 0 Å². The Bertz CT molecular complexity index is 171. The fraction of sp³-hybridized carbons (Fsp3) is 0.667. The topological polar surface area (TPSA) is 89.3 Å². The van der Waals surface area contributed by atoms with Crippen LogP contribution in [0, 0.1) is 5.92 Å². The number of carboxylic acid groups (broad SMARTS) is 1. The Kier molecular flexibility index (Phi) is 6.18. The Morgan fingerprint density at radius 1 is 1.62 bits per heavy atom. The van der Waals surface area contributed by atoms with Crippen molar-refractivity contribution < 1.29 is 9.90 Å². The van der Waals surface area contributed by atoms with Crippen LogP contribution in [0.15, 0.2) is 12.7 Å². The average molecular weight is 186 g/mol. The predicted octanol–water partition coefficient (Wildman–Crippen LogP) is 0.330. The summed E-state index contributed by atoms with van der Waals surface area (Å²) in [4.78, 5) is 10.6. The summed E-state index contributed by atoms with van der Waals surface area (Å²) < 4.78 is 0. The van der Waals surface area contributed by atoms with Crippen LogP contribution in [0.1, 0.15) is 19.3 Å². The van der Waals surface area contributed by atoms with Crippen molar-refractivity contribution in [3.8, 4) is 0 Å². The Hall–Kier alpha value is -0.870. The summed E-state index contributed by atoms with van der Waals surface area (Å²) >= 11 is 0. The SMILES string of the molecule is C=CCC(CCCN)C(N)C(=O)O. The van der Waals surface area contributed by atoms with E-state index in [1.165, 1.54) is 0 Å². The fourth-order valence-corrected chi connectivity index (χ4v) is 1.24. The van der Waals surface area contributed by atoms with Crippen LogP contribution in [-0.4, -0.2) is 23.7 Å². The van der Waals surface area contributed by atoms with Crippen molar-refractivity contribution in [3.05, 3.63) is 12.7 Å². The molecular formula is C9H18N2O2. The first-order valence-electron chi connectivity index (χ1n) is 4.42. The van der Waals surface area contributed by atoms with Gasteiger partial charge in [-0.3, -0.25) is 4.79 Å². The van der Waals surface area contributed by atoms with E-state index >= 15 is 0 Å². The van der Waals surface area contributed by atoms with Gasteiger partial charge in [-0.15, -0.1) is 6.58 Å². The van der Waals surface area contributed by atoms with Crippen molar-refractivity contribution in [2.45, 2.75) is 25.3 Å². The molecule has 13 heavy (non-hydrogen) atoms. The number of rotatable bonds is 7. The molecule has 0 rings (SSSR count). The molecule has 0 bridgehead atoms. The van der Waals surface area contributed by atoms with Crippen LogP contribution in [0.2, 0.25) is 0 Å². The summed E-state index contributed by atoms with van der Waals surface area (Å²) in [6, 6.07) is -0.801. The first-order valence-corrected chi connectivity index (χ1v) is 4.42. The average Bonchev–Trinajstić information content (AvgIpc) is 2.11. The number of hydrogen-bond donors (Lipinski definition) is 3. The van der Waals surface area contributed by atoms with E-state index in [2.05, 4.69) is 6.58 Å². The van der Waals surface area contributed by atoms with Crippen molar-refractivity contribution in [2.24, 2.45) is 17.4 Å². The zero-order chi connectivity index (χ0) is 10.3.